The lowest BCUT2D eigenvalue weighted by molar-refractivity contribution is 0.397. The fourth-order valence-electron chi connectivity index (χ4n) is 2.33. The van der Waals surface area contributed by atoms with Crippen molar-refractivity contribution in [2.24, 2.45) is 0 Å². The van der Waals surface area contributed by atoms with E-state index in [2.05, 4.69) is 10.4 Å². The van der Waals surface area contributed by atoms with E-state index in [0.717, 1.165) is 0 Å². The van der Waals surface area contributed by atoms with Gasteiger partial charge in [-0.2, -0.15) is 5.10 Å². The van der Waals surface area contributed by atoms with Crippen LogP contribution in [0.4, 0.5) is 13.2 Å². The number of methoxy groups -OCH3 is 1. The maximum Gasteiger partial charge on any atom is 0.161 e. The van der Waals surface area contributed by atoms with E-state index in [1.165, 1.54) is 13.3 Å². The summed E-state index contributed by atoms with van der Waals surface area (Å²) in [5.41, 5.74) is 0.208. The Balaban J connectivity index is 2.63. The van der Waals surface area contributed by atoms with Crippen LogP contribution in [0, 0.1) is 17.5 Å². The zero-order valence-corrected chi connectivity index (χ0v) is 12.0. The van der Waals surface area contributed by atoms with Crippen LogP contribution < -0.4 is 10.1 Å². The average molecular weight is 299 g/mol. The minimum atomic E-state index is -0.960. The maximum absolute atomic E-state index is 14.0. The molecule has 21 heavy (non-hydrogen) atoms. The molecule has 1 unspecified atom stereocenters. The Morgan fingerprint density at radius 3 is 2.38 bits per heavy atom. The molecule has 1 aromatic carbocycles. The van der Waals surface area contributed by atoms with Crippen LogP contribution in [0.25, 0.3) is 0 Å². The minimum absolute atomic E-state index is 0.271. The number of hydrogen-bond donors (Lipinski definition) is 1. The molecule has 0 saturated heterocycles. The molecular formula is C14H16F3N3O. The first-order valence-corrected chi connectivity index (χ1v) is 6.44. The van der Waals surface area contributed by atoms with Crippen molar-refractivity contribution in [1.82, 2.24) is 15.1 Å². The summed E-state index contributed by atoms with van der Waals surface area (Å²) < 4.78 is 47.9. The number of aryl methyl sites for hydroxylation is 1. The fourth-order valence-corrected chi connectivity index (χ4v) is 2.33. The van der Waals surface area contributed by atoms with E-state index in [0.29, 0.717) is 30.1 Å². The Morgan fingerprint density at radius 2 is 1.90 bits per heavy atom. The van der Waals surface area contributed by atoms with Gasteiger partial charge in [0, 0.05) is 24.2 Å². The Labute approximate surface area is 120 Å². The third-order valence-electron chi connectivity index (χ3n) is 3.26. The van der Waals surface area contributed by atoms with E-state index in [4.69, 9.17) is 4.74 Å². The maximum atomic E-state index is 14.0. The van der Waals surface area contributed by atoms with E-state index >= 15 is 0 Å². The molecule has 0 amide bonds. The van der Waals surface area contributed by atoms with Gasteiger partial charge in [-0.05, 0) is 14.0 Å². The molecule has 2 aromatic rings. The third kappa shape index (κ3) is 2.73. The molecule has 114 valence electrons. The largest absolute Gasteiger partial charge is 0.493 e. The molecule has 0 spiro atoms. The van der Waals surface area contributed by atoms with Crippen LogP contribution in [0.15, 0.2) is 18.3 Å². The van der Waals surface area contributed by atoms with Gasteiger partial charge >= 0.3 is 0 Å². The van der Waals surface area contributed by atoms with Gasteiger partial charge in [-0.1, -0.05) is 0 Å². The number of hydrogen-bond acceptors (Lipinski definition) is 3. The van der Waals surface area contributed by atoms with Crippen LogP contribution in [-0.2, 0) is 6.54 Å². The topological polar surface area (TPSA) is 39.1 Å². The van der Waals surface area contributed by atoms with E-state index in [9.17, 15) is 13.2 Å². The first kappa shape index (κ1) is 15.4. The molecule has 1 N–H and O–H groups in total. The molecular weight excluding hydrogens is 283 g/mol. The number of aromatic nitrogens is 2. The Bertz CT molecular complexity index is 598. The predicted molar refractivity (Wildman–Crippen MR) is 71.7 cm³/mol. The highest BCUT2D eigenvalue weighted by molar-refractivity contribution is 5.38. The second-order valence-electron chi connectivity index (χ2n) is 4.42. The lowest BCUT2D eigenvalue weighted by Crippen LogP contribution is -2.24. The molecule has 0 radical (unpaired) electrons. The number of nitrogens with zero attached hydrogens (tertiary/aromatic N) is 2. The molecule has 1 atom stereocenters. The van der Waals surface area contributed by atoms with Crippen LogP contribution in [0.5, 0.6) is 5.75 Å². The van der Waals surface area contributed by atoms with Gasteiger partial charge < -0.3 is 10.1 Å². The molecule has 0 fully saturated rings. The molecule has 0 saturated carbocycles. The van der Waals surface area contributed by atoms with Crippen molar-refractivity contribution < 1.29 is 17.9 Å². The highest BCUT2D eigenvalue weighted by atomic mass is 19.1. The molecule has 0 aliphatic heterocycles. The summed E-state index contributed by atoms with van der Waals surface area (Å²) in [7, 11) is 3.00. The Hall–Kier alpha value is -2.02. The molecule has 2 rings (SSSR count). The van der Waals surface area contributed by atoms with Gasteiger partial charge in [-0.15, -0.1) is 0 Å². The number of benzene rings is 1. The van der Waals surface area contributed by atoms with Crippen molar-refractivity contribution in [3.05, 3.63) is 47.0 Å². The highest BCUT2D eigenvalue weighted by Gasteiger charge is 2.27. The SMILES string of the molecule is CCn1ncc(OC)c1C(NC)c1c(F)cc(F)cc1F. The van der Waals surface area contributed by atoms with Gasteiger partial charge in [0.15, 0.2) is 5.75 Å². The number of nitrogens with one attached hydrogen (secondary N) is 1. The summed E-state index contributed by atoms with van der Waals surface area (Å²) in [5, 5.41) is 6.94. The van der Waals surface area contributed by atoms with E-state index in [1.54, 1.807) is 11.7 Å². The zero-order valence-electron chi connectivity index (χ0n) is 12.0. The average Bonchev–Trinajstić information content (AvgIpc) is 2.85. The van der Waals surface area contributed by atoms with E-state index in [1.807, 2.05) is 6.92 Å². The van der Waals surface area contributed by atoms with Gasteiger partial charge in [0.05, 0.1) is 19.3 Å². The molecule has 0 bridgehead atoms. The van der Waals surface area contributed by atoms with Crippen molar-refractivity contribution in [2.75, 3.05) is 14.2 Å². The number of ether oxygens (including phenoxy) is 1. The van der Waals surface area contributed by atoms with Gasteiger partial charge in [0.2, 0.25) is 0 Å². The second kappa shape index (κ2) is 6.17. The molecule has 0 aliphatic rings. The van der Waals surface area contributed by atoms with Crippen molar-refractivity contribution in [3.8, 4) is 5.75 Å². The second-order valence-corrected chi connectivity index (χ2v) is 4.42. The van der Waals surface area contributed by atoms with E-state index in [-0.39, 0.29) is 5.56 Å². The van der Waals surface area contributed by atoms with Gasteiger partial charge in [0.1, 0.15) is 23.1 Å². The van der Waals surface area contributed by atoms with E-state index < -0.39 is 23.5 Å². The summed E-state index contributed by atoms with van der Waals surface area (Å²) in [6.45, 7) is 2.35. The smallest absolute Gasteiger partial charge is 0.161 e. The number of rotatable bonds is 5. The molecule has 1 heterocycles. The molecule has 0 aliphatic carbocycles. The summed E-state index contributed by atoms with van der Waals surface area (Å²) in [4.78, 5) is 0. The number of halogens is 3. The van der Waals surface area contributed by atoms with Crippen LogP contribution in [0.3, 0.4) is 0 Å². The first-order chi connectivity index (χ1) is 10.0. The predicted octanol–water partition coefficient (Wildman–Crippen LogP) is 2.64. The van der Waals surface area contributed by atoms with Crippen LogP contribution in [0.2, 0.25) is 0 Å². The third-order valence-corrected chi connectivity index (χ3v) is 3.26. The lowest BCUT2D eigenvalue weighted by Gasteiger charge is -2.20. The summed E-state index contributed by atoms with van der Waals surface area (Å²) in [5.74, 6) is -2.48. The lowest BCUT2D eigenvalue weighted by atomic mass is 10.0. The van der Waals surface area contributed by atoms with Gasteiger partial charge in [-0.25, -0.2) is 13.2 Å². The summed E-state index contributed by atoms with van der Waals surface area (Å²) >= 11 is 0. The minimum Gasteiger partial charge on any atom is -0.493 e. The summed E-state index contributed by atoms with van der Waals surface area (Å²) in [6, 6.07) is 0.465. The first-order valence-electron chi connectivity index (χ1n) is 6.44. The van der Waals surface area contributed by atoms with Crippen molar-refractivity contribution in [1.29, 1.82) is 0 Å². The van der Waals surface area contributed by atoms with Crippen LogP contribution >= 0.6 is 0 Å². The fraction of sp³-hybridized carbons (Fsp3) is 0.357. The monoisotopic (exact) mass is 299 g/mol. The van der Waals surface area contributed by atoms with Crippen LogP contribution in [0.1, 0.15) is 24.2 Å². The van der Waals surface area contributed by atoms with Crippen molar-refractivity contribution in [2.45, 2.75) is 19.5 Å². The highest BCUT2D eigenvalue weighted by Crippen LogP contribution is 2.32. The zero-order chi connectivity index (χ0) is 15.6. The molecule has 7 heteroatoms. The Morgan fingerprint density at radius 1 is 1.29 bits per heavy atom. The van der Waals surface area contributed by atoms with Gasteiger partial charge in [0.25, 0.3) is 0 Å². The van der Waals surface area contributed by atoms with Crippen LogP contribution in [-0.4, -0.2) is 23.9 Å². The molecule has 1 aromatic heterocycles. The summed E-state index contributed by atoms with van der Waals surface area (Å²) in [6.07, 6.45) is 1.47. The van der Waals surface area contributed by atoms with Gasteiger partial charge in [-0.3, -0.25) is 4.68 Å². The Kier molecular flexibility index (Phi) is 4.52. The van der Waals surface area contributed by atoms with Crippen molar-refractivity contribution in [3.63, 3.8) is 0 Å². The normalized spacial score (nSPS) is 12.5. The molecule has 4 nitrogen and oxygen atoms in total. The standard InChI is InChI=1S/C14H16F3N3O/c1-4-20-14(11(21-3)7-19-20)13(18-2)12-9(16)5-8(15)6-10(12)17/h5-7,13,18H,4H2,1-3H3. The van der Waals surface area contributed by atoms with Crippen molar-refractivity contribution >= 4 is 0 Å². The quantitative estimate of drug-likeness (QED) is 0.922.